The smallest absolute Gasteiger partial charge is 0.307 e. The lowest BCUT2D eigenvalue weighted by Crippen LogP contribution is -2.25. The van der Waals surface area contributed by atoms with Crippen molar-refractivity contribution in [1.82, 2.24) is 4.57 Å². The van der Waals surface area contributed by atoms with Crippen LogP contribution in [0.5, 0.6) is 0 Å². The maximum absolute atomic E-state index is 11.9. The first-order valence-corrected chi connectivity index (χ1v) is 7.14. The first kappa shape index (κ1) is 13.8. The second-order valence-electron chi connectivity index (χ2n) is 4.02. The molecule has 0 saturated carbocycles. The van der Waals surface area contributed by atoms with Gasteiger partial charge in [0.05, 0.1) is 5.69 Å². The SMILES string of the molecule is Cc1csc(=O)n1CC(=O)Nc1ccc(N)cc1Br. The number of nitrogen functional groups attached to an aromatic ring is 1. The van der Waals surface area contributed by atoms with Gasteiger partial charge in [-0.25, -0.2) is 0 Å². The molecule has 0 unspecified atom stereocenters. The van der Waals surface area contributed by atoms with E-state index in [0.29, 0.717) is 15.8 Å². The van der Waals surface area contributed by atoms with Crippen LogP contribution >= 0.6 is 27.3 Å². The Bertz CT molecular complexity index is 678. The van der Waals surface area contributed by atoms with E-state index in [1.807, 2.05) is 0 Å². The number of nitrogens with one attached hydrogen (secondary N) is 1. The molecule has 0 aliphatic carbocycles. The van der Waals surface area contributed by atoms with E-state index in [0.717, 1.165) is 17.0 Å². The van der Waals surface area contributed by atoms with Crippen molar-refractivity contribution in [2.45, 2.75) is 13.5 Å². The number of benzene rings is 1. The fourth-order valence-corrected chi connectivity index (χ4v) is 2.79. The van der Waals surface area contributed by atoms with Crippen molar-refractivity contribution >= 4 is 44.5 Å². The Kier molecular flexibility index (Phi) is 4.06. The molecule has 5 nitrogen and oxygen atoms in total. The molecule has 100 valence electrons. The summed E-state index contributed by atoms with van der Waals surface area (Å²) in [7, 11) is 0. The van der Waals surface area contributed by atoms with Crippen LogP contribution in [0.3, 0.4) is 0 Å². The number of thiazole rings is 1. The number of halogens is 1. The quantitative estimate of drug-likeness (QED) is 0.840. The molecule has 1 amide bonds. The number of nitrogens with zero attached hydrogens (tertiary/aromatic N) is 1. The van der Waals surface area contributed by atoms with E-state index in [-0.39, 0.29) is 17.3 Å². The van der Waals surface area contributed by atoms with Gasteiger partial charge >= 0.3 is 4.87 Å². The molecule has 1 heterocycles. The molecule has 0 aliphatic rings. The molecule has 7 heteroatoms. The third-order valence-corrected chi connectivity index (χ3v) is 4.08. The highest BCUT2D eigenvalue weighted by molar-refractivity contribution is 9.10. The summed E-state index contributed by atoms with van der Waals surface area (Å²) < 4.78 is 2.14. The van der Waals surface area contributed by atoms with Gasteiger partial charge in [0.15, 0.2) is 0 Å². The second-order valence-corrected chi connectivity index (χ2v) is 5.69. The molecule has 0 atom stereocenters. The van der Waals surface area contributed by atoms with Gasteiger partial charge < -0.3 is 11.1 Å². The number of hydrogen-bond donors (Lipinski definition) is 2. The summed E-state index contributed by atoms with van der Waals surface area (Å²) >= 11 is 4.41. The highest BCUT2D eigenvalue weighted by Gasteiger charge is 2.10. The molecule has 0 bridgehead atoms. The first-order chi connectivity index (χ1) is 8.97. The average Bonchev–Trinajstić information content (AvgIpc) is 2.65. The third-order valence-electron chi connectivity index (χ3n) is 2.55. The van der Waals surface area contributed by atoms with Gasteiger partial charge in [-0.15, -0.1) is 0 Å². The van der Waals surface area contributed by atoms with E-state index in [1.165, 1.54) is 4.57 Å². The molecule has 0 fully saturated rings. The summed E-state index contributed by atoms with van der Waals surface area (Å²) in [5.74, 6) is -0.255. The van der Waals surface area contributed by atoms with E-state index in [2.05, 4.69) is 21.2 Å². The minimum Gasteiger partial charge on any atom is -0.399 e. The molecule has 2 rings (SSSR count). The summed E-state index contributed by atoms with van der Waals surface area (Å²) in [4.78, 5) is 23.3. The number of amides is 1. The number of rotatable bonds is 3. The van der Waals surface area contributed by atoms with Crippen LogP contribution in [0.15, 0.2) is 32.8 Å². The zero-order valence-corrected chi connectivity index (χ0v) is 12.5. The Hall–Kier alpha value is -1.60. The number of aryl methyl sites for hydroxylation is 1. The predicted molar refractivity (Wildman–Crippen MR) is 80.5 cm³/mol. The molecule has 19 heavy (non-hydrogen) atoms. The van der Waals surface area contributed by atoms with Crippen LogP contribution in [0.4, 0.5) is 11.4 Å². The molecular weight excluding hydrogens is 330 g/mol. The van der Waals surface area contributed by atoms with Gasteiger partial charge in [0.25, 0.3) is 0 Å². The first-order valence-electron chi connectivity index (χ1n) is 5.47. The van der Waals surface area contributed by atoms with Crippen molar-refractivity contribution in [2.75, 3.05) is 11.1 Å². The Labute approximate surface area is 122 Å². The summed E-state index contributed by atoms with van der Waals surface area (Å²) in [6, 6.07) is 5.11. The topological polar surface area (TPSA) is 77.1 Å². The van der Waals surface area contributed by atoms with Gasteiger partial charge in [-0.2, -0.15) is 0 Å². The van der Waals surface area contributed by atoms with Crippen LogP contribution < -0.4 is 15.9 Å². The highest BCUT2D eigenvalue weighted by Crippen LogP contribution is 2.24. The van der Waals surface area contributed by atoms with Gasteiger partial charge in [-0.05, 0) is 41.1 Å². The van der Waals surface area contributed by atoms with Crippen molar-refractivity contribution in [3.05, 3.63) is 43.4 Å². The van der Waals surface area contributed by atoms with Crippen LogP contribution in [0.2, 0.25) is 0 Å². The van der Waals surface area contributed by atoms with Crippen molar-refractivity contribution in [3.8, 4) is 0 Å². The van der Waals surface area contributed by atoms with Gasteiger partial charge in [0.1, 0.15) is 6.54 Å². The Morgan fingerprint density at radius 3 is 2.84 bits per heavy atom. The summed E-state index contributed by atoms with van der Waals surface area (Å²) in [6.45, 7) is 1.80. The number of carbonyl (C=O) groups excluding carboxylic acids is 1. The second kappa shape index (κ2) is 5.58. The standard InChI is InChI=1S/C12H12BrN3O2S/c1-7-6-19-12(18)16(7)5-11(17)15-10-3-2-8(14)4-9(10)13/h2-4,6H,5,14H2,1H3,(H,15,17). The molecule has 2 aromatic rings. The van der Waals surface area contributed by atoms with Crippen molar-refractivity contribution in [2.24, 2.45) is 0 Å². The molecule has 0 spiro atoms. The largest absolute Gasteiger partial charge is 0.399 e. The van der Waals surface area contributed by atoms with E-state index in [9.17, 15) is 9.59 Å². The lowest BCUT2D eigenvalue weighted by molar-refractivity contribution is -0.116. The fraction of sp³-hybridized carbons (Fsp3) is 0.167. The van der Waals surface area contributed by atoms with Crippen LogP contribution in [0, 0.1) is 6.92 Å². The Balaban J connectivity index is 2.12. The minimum absolute atomic E-state index is 0.00494. The molecule has 0 aliphatic heterocycles. The Morgan fingerprint density at radius 2 is 2.26 bits per heavy atom. The lowest BCUT2D eigenvalue weighted by Gasteiger charge is -2.09. The van der Waals surface area contributed by atoms with Crippen LogP contribution in [-0.4, -0.2) is 10.5 Å². The van der Waals surface area contributed by atoms with Gasteiger partial charge in [0.2, 0.25) is 5.91 Å². The molecule has 0 saturated heterocycles. The Morgan fingerprint density at radius 1 is 1.53 bits per heavy atom. The van der Waals surface area contributed by atoms with Crippen LogP contribution in [0.1, 0.15) is 5.69 Å². The molecule has 1 aromatic carbocycles. The highest BCUT2D eigenvalue weighted by atomic mass is 79.9. The van der Waals surface area contributed by atoms with Gasteiger partial charge in [-0.1, -0.05) is 11.3 Å². The molecule has 1 aromatic heterocycles. The van der Waals surface area contributed by atoms with Crippen molar-refractivity contribution in [1.29, 1.82) is 0 Å². The van der Waals surface area contributed by atoms with Gasteiger partial charge in [0, 0.05) is 21.2 Å². The summed E-state index contributed by atoms with van der Waals surface area (Å²) in [6.07, 6.45) is 0. The maximum Gasteiger partial charge on any atom is 0.307 e. The van der Waals surface area contributed by atoms with Crippen LogP contribution in [0.25, 0.3) is 0 Å². The van der Waals surface area contributed by atoms with Crippen molar-refractivity contribution in [3.63, 3.8) is 0 Å². The normalized spacial score (nSPS) is 10.4. The molecule has 3 N–H and O–H groups in total. The van der Waals surface area contributed by atoms with E-state index < -0.39 is 0 Å². The lowest BCUT2D eigenvalue weighted by atomic mass is 10.3. The monoisotopic (exact) mass is 341 g/mol. The van der Waals surface area contributed by atoms with Crippen molar-refractivity contribution < 1.29 is 4.79 Å². The number of hydrogen-bond acceptors (Lipinski definition) is 4. The van der Waals surface area contributed by atoms with E-state index in [4.69, 9.17) is 5.73 Å². The number of anilines is 2. The fourth-order valence-electron chi connectivity index (χ4n) is 1.56. The summed E-state index contributed by atoms with van der Waals surface area (Å²) in [5, 5.41) is 4.46. The van der Waals surface area contributed by atoms with Gasteiger partial charge in [-0.3, -0.25) is 14.2 Å². The number of aromatic nitrogens is 1. The number of nitrogens with two attached hydrogens (primary N) is 1. The van der Waals surface area contributed by atoms with Crippen LogP contribution in [-0.2, 0) is 11.3 Å². The van der Waals surface area contributed by atoms with E-state index in [1.54, 1.807) is 30.5 Å². The zero-order chi connectivity index (χ0) is 14.0. The molecule has 0 radical (unpaired) electrons. The minimum atomic E-state index is -0.255. The molecular formula is C12H12BrN3O2S. The predicted octanol–water partition coefficient (Wildman–Crippen LogP) is 2.20. The third kappa shape index (κ3) is 3.24. The summed E-state index contributed by atoms with van der Waals surface area (Å²) in [5.41, 5.74) is 7.63. The maximum atomic E-state index is 11.9. The average molecular weight is 342 g/mol. The van der Waals surface area contributed by atoms with E-state index >= 15 is 0 Å². The zero-order valence-electron chi connectivity index (χ0n) is 10.1. The number of carbonyl (C=O) groups is 1.